The lowest BCUT2D eigenvalue weighted by molar-refractivity contribution is 0.101. The van der Waals surface area contributed by atoms with Gasteiger partial charge in [-0.2, -0.15) is 5.10 Å². The molecule has 0 aliphatic carbocycles. The van der Waals surface area contributed by atoms with E-state index in [1.54, 1.807) is 29.3 Å². The molecule has 0 aromatic carbocycles. The molecule has 0 saturated heterocycles. The van der Waals surface area contributed by atoms with Crippen LogP contribution in [-0.2, 0) is 0 Å². The second-order valence-corrected chi connectivity index (χ2v) is 4.34. The summed E-state index contributed by atoms with van der Waals surface area (Å²) in [5, 5.41) is 4.14. The molecule has 2 heterocycles. The molecule has 0 bridgehead atoms. The molecule has 76 valence electrons. The molecule has 0 radical (unpaired) electrons. The summed E-state index contributed by atoms with van der Waals surface area (Å²) < 4.78 is 2.74. The molecule has 0 unspecified atom stereocenters. The van der Waals surface area contributed by atoms with Crippen LogP contribution in [0.5, 0.6) is 0 Å². The number of halogens is 1. The van der Waals surface area contributed by atoms with Crippen LogP contribution in [0, 0.1) is 3.57 Å². The number of pyridine rings is 1. The number of hydrogen-bond donors (Lipinski definition) is 0. The summed E-state index contributed by atoms with van der Waals surface area (Å²) in [5.74, 6) is 0.00574. The minimum atomic E-state index is 0.00574. The molecule has 4 nitrogen and oxygen atoms in total. The molecule has 2 aromatic heterocycles. The topological polar surface area (TPSA) is 47.8 Å². The van der Waals surface area contributed by atoms with Gasteiger partial charge < -0.3 is 0 Å². The first-order chi connectivity index (χ1) is 7.16. The predicted octanol–water partition coefficient (Wildman–Crippen LogP) is 2.07. The summed E-state index contributed by atoms with van der Waals surface area (Å²) in [7, 11) is 0. The molecule has 0 atom stereocenters. The Morgan fingerprint density at radius 2 is 2.20 bits per heavy atom. The third-order valence-electron chi connectivity index (χ3n) is 1.95. The van der Waals surface area contributed by atoms with Crippen LogP contribution in [0.2, 0.25) is 0 Å². The molecule has 0 spiro atoms. The van der Waals surface area contributed by atoms with Gasteiger partial charge in [0.25, 0.3) is 0 Å². The monoisotopic (exact) mass is 313 g/mol. The first kappa shape index (κ1) is 10.3. The predicted molar refractivity (Wildman–Crippen MR) is 64.1 cm³/mol. The lowest BCUT2D eigenvalue weighted by Crippen LogP contribution is -1.99. The fraction of sp³-hybridized carbons (Fsp3) is 0.100. The lowest BCUT2D eigenvalue weighted by Gasteiger charge is -2.01. The van der Waals surface area contributed by atoms with E-state index in [0.29, 0.717) is 5.56 Å². The standard InChI is InChI=1S/C10H8IN3O/c1-7(15)8-2-10(5-12-3-8)14-6-9(11)4-13-14/h2-6H,1H3. The second-order valence-electron chi connectivity index (χ2n) is 3.09. The highest BCUT2D eigenvalue weighted by molar-refractivity contribution is 14.1. The molecular weight excluding hydrogens is 305 g/mol. The van der Waals surface area contributed by atoms with Gasteiger partial charge in [0.1, 0.15) is 0 Å². The summed E-state index contributed by atoms with van der Waals surface area (Å²) in [4.78, 5) is 15.2. The van der Waals surface area contributed by atoms with Crippen molar-refractivity contribution in [1.29, 1.82) is 0 Å². The quantitative estimate of drug-likeness (QED) is 0.630. The highest BCUT2D eigenvalue weighted by atomic mass is 127. The van der Waals surface area contributed by atoms with E-state index < -0.39 is 0 Å². The Balaban J connectivity index is 2.45. The number of ketones is 1. The van der Waals surface area contributed by atoms with Gasteiger partial charge in [0.2, 0.25) is 0 Å². The van der Waals surface area contributed by atoms with E-state index in [1.165, 1.54) is 6.92 Å². The smallest absolute Gasteiger partial charge is 0.161 e. The van der Waals surface area contributed by atoms with Crippen LogP contribution < -0.4 is 0 Å². The average Bonchev–Trinajstić information content (AvgIpc) is 2.65. The van der Waals surface area contributed by atoms with E-state index in [4.69, 9.17) is 0 Å². The Bertz CT molecular complexity index is 507. The Kier molecular flexibility index (Phi) is 2.81. The van der Waals surface area contributed by atoms with Crippen LogP contribution in [0.1, 0.15) is 17.3 Å². The van der Waals surface area contributed by atoms with Gasteiger partial charge in [-0.3, -0.25) is 9.78 Å². The molecule has 5 heteroatoms. The number of carbonyl (C=O) groups is 1. The van der Waals surface area contributed by atoms with Crippen molar-refractivity contribution in [2.24, 2.45) is 0 Å². The Hall–Kier alpha value is -1.24. The molecule has 2 aromatic rings. The SMILES string of the molecule is CC(=O)c1cncc(-n2cc(I)cn2)c1. The maximum Gasteiger partial charge on any atom is 0.161 e. The van der Waals surface area contributed by atoms with Gasteiger partial charge in [-0.15, -0.1) is 0 Å². The number of aromatic nitrogens is 3. The summed E-state index contributed by atoms with van der Waals surface area (Å²) in [6.07, 6.45) is 6.86. The fourth-order valence-corrected chi connectivity index (χ4v) is 1.58. The van der Waals surface area contributed by atoms with E-state index >= 15 is 0 Å². The molecule has 0 aliphatic heterocycles. The number of carbonyl (C=O) groups excluding carboxylic acids is 1. The van der Waals surface area contributed by atoms with Gasteiger partial charge in [0.05, 0.1) is 21.7 Å². The molecule has 0 aliphatic rings. The van der Waals surface area contributed by atoms with E-state index in [1.807, 2.05) is 6.20 Å². The largest absolute Gasteiger partial charge is 0.294 e. The Labute approximate surface area is 100 Å². The summed E-state index contributed by atoms with van der Waals surface area (Å²) in [6, 6.07) is 1.78. The fourth-order valence-electron chi connectivity index (χ4n) is 1.19. The van der Waals surface area contributed by atoms with Crippen molar-refractivity contribution in [3.8, 4) is 5.69 Å². The highest BCUT2D eigenvalue weighted by Gasteiger charge is 2.03. The third-order valence-corrected chi connectivity index (χ3v) is 2.50. The van der Waals surface area contributed by atoms with Gasteiger partial charge in [0, 0.05) is 18.0 Å². The lowest BCUT2D eigenvalue weighted by atomic mass is 10.2. The van der Waals surface area contributed by atoms with Crippen molar-refractivity contribution >= 4 is 28.4 Å². The maximum absolute atomic E-state index is 11.2. The zero-order chi connectivity index (χ0) is 10.8. The first-order valence-electron chi connectivity index (χ1n) is 4.33. The minimum Gasteiger partial charge on any atom is -0.294 e. The molecule has 0 fully saturated rings. The van der Waals surface area contributed by atoms with Crippen molar-refractivity contribution in [2.75, 3.05) is 0 Å². The van der Waals surface area contributed by atoms with Crippen LogP contribution in [0.4, 0.5) is 0 Å². The van der Waals surface area contributed by atoms with Gasteiger partial charge >= 0.3 is 0 Å². The van der Waals surface area contributed by atoms with E-state index in [-0.39, 0.29) is 5.78 Å². The molecule has 15 heavy (non-hydrogen) atoms. The molecular formula is C10H8IN3O. The number of rotatable bonds is 2. The summed E-state index contributed by atoms with van der Waals surface area (Å²) in [6.45, 7) is 1.52. The maximum atomic E-state index is 11.2. The van der Waals surface area contributed by atoms with Crippen LogP contribution in [-0.4, -0.2) is 20.5 Å². The van der Waals surface area contributed by atoms with Crippen molar-refractivity contribution < 1.29 is 4.79 Å². The third kappa shape index (κ3) is 2.23. The highest BCUT2D eigenvalue weighted by Crippen LogP contribution is 2.10. The van der Waals surface area contributed by atoms with Crippen LogP contribution in [0.3, 0.4) is 0 Å². The van der Waals surface area contributed by atoms with Crippen LogP contribution in [0.25, 0.3) is 5.69 Å². The van der Waals surface area contributed by atoms with Gasteiger partial charge in [-0.05, 0) is 35.6 Å². The molecule has 0 N–H and O–H groups in total. The van der Waals surface area contributed by atoms with Crippen LogP contribution in [0.15, 0.2) is 30.9 Å². The Morgan fingerprint density at radius 3 is 2.80 bits per heavy atom. The van der Waals surface area contributed by atoms with Crippen molar-refractivity contribution in [3.05, 3.63) is 40.0 Å². The minimum absolute atomic E-state index is 0.00574. The van der Waals surface area contributed by atoms with E-state index in [2.05, 4.69) is 32.7 Å². The zero-order valence-corrected chi connectivity index (χ0v) is 10.2. The molecule has 2 rings (SSSR count). The van der Waals surface area contributed by atoms with Gasteiger partial charge in [-0.25, -0.2) is 4.68 Å². The number of Topliss-reactive ketones (excluding diaryl/α,β-unsaturated/α-hetero) is 1. The summed E-state index contributed by atoms with van der Waals surface area (Å²) >= 11 is 2.18. The second kappa shape index (κ2) is 4.09. The Morgan fingerprint density at radius 1 is 1.40 bits per heavy atom. The van der Waals surface area contributed by atoms with Crippen LogP contribution >= 0.6 is 22.6 Å². The summed E-state index contributed by atoms with van der Waals surface area (Å²) in [5.41, 5.74) is 1.39. The van der Waals surface area contributed by atoms with Crippen molar-refractivity contribution in [2.45, 2.75) is 6.92 Å². The first-order valence-corrected chi connectivity index (χ1v) is 5.41. The number of nitrogens with zero attached hydrogens (tertiary/aromatic N) is 3. The van der Waals surface area contributed by atoms with Gasteiger partial charge in [-0.1, -0.05) is 0 Å². The van der Waals surface area contributed by atoms with Gasteiger partial charge in [0.15, 0.2) is 5.78 Å². The molecule has 0 amide bonds. The van der Waals surface area contributed by atoms with Crippen molar-refractivity contribution in [3.63, 3.8) is 0 Å². The van der Waals surface area contributed by atoms with E-state index in [9.17, 15) is 4.79 Å². The normalized spacial score (nSPS) is 10.3. The zero-order valence-electron chi connectivity index (χ0n) is 8.01. The molecule has 0 saturated carbocycles. The number of hydrogen-bond acceptors (Lipinski definition) is 3. The van der Waals surface area contributed by atoms with E-state index in [0.717, 1.165) is 9.26 Å². The van der Waals surface area contributed by atoms with Crippen molar-refractivity contribution in [1.82, 2.24) is 14.8 Å². The average molecular weight is 313 g/mol.